The quantitative estimate of drug-likeness (QED) is 0.873. The maximum Gasteiger partial charge on any atom is 0.228 e. The van der Waals surface area contributed by atoms with E-state index in [1.54, 1.807) is 6.07 Å². The molecule has 19 heavy (non-hydrogen) atoms. The van der Waals surface area contributed by atoms with Crippen molar-refractivity contribution >= 4 is 11.6 Å². The van der Waals surface area contributed by atoms with Crippen LogP contribution in [0.5, 0.6) is 0 Å². The Bertz CT molecular complexity index is 664. The molecule has 0 saturated heterocycles. The molecule has 1 aliphatic rings. The molecule has 0 radical (unpaired) electrons. The van der Waals surface area contributed by atoms with Crippen LogP contribution < -0.4 is 5.32 Å². The number of nitrogens with one attached hydrogen (secondary N) is 1. The van der Waals surface area contributed by atoms with Crippen molar-refractivity contribution in [2.45, 2.75) is 19.8 Å². The molecule has 0 unspecified atom stereocenters. The van der Waals surface area contributed by atoms with Crippen molar-refractivity contribution in [3.8, 4) is 11.1 Å². The molecule has 0 aliphatic carbocycles. The molecule has 0 saturated carbocycles. The van der Waals surface area contributed by atoms with Gasteiger partial charge >= 0.3 is 0 Å². The molecule has 0 fully saturated rings. The van der Waals surface area contributed by atoms with Crippen molar-refractivity contribution < 1.29 is 9.18 Å². The van der Waals surface area contributed by atoms with Crippen molar-refractivity contribution in [2.24, 2.45) is 0 Å². The van der Waals surface area contributed by atoms with Crippen LogP contribution in [0.4, 0.5) is 10.1 Å². The Balaban J connectivity index is 2.01. The largest absolute Gasteiger partial charge is 0.326 e. The lowest BCUT2D eigenvalue weighted by atomic mass is 10.00. The van der Waals surface area contributed by atoms with E-state index in [0.717, 1.165) is 27.9 Å². The Labute approximate surface area is 111 Å². The minimum atomic E-state index is -0.172. The summed E-state index contributed by atoms with van der Waals surface area (Å²) in [4.78, 5) is 11.3. The summed E-state index contributed by atoms with van der Waals surface area (Å²) in [6.07, 6.45) is 1.09. The third-order valence-corrected chi connectivity index (χ3v) is 3.50. The van der Waals surface area contributed by atoms with Gasteiger partial charge in [0.2, 0.25) is 5.91 Å². The number of fused-ring (bicyclic) bond motifs is 1. The zero-order valence-corrected chi connectivity index (χ0v) is 10.7. The van der Waals surface area contributed by atoms with Gasteiger partial charge in [0.25, 0.3) is 0 Å². The standard InChI is InChI=1S/C16H14FNO/c1-2-10-3-4-12(8-14(10)17)11-5-6-15-13(7-11)9-16(19)18-15/h3-8H,2,9H2,1H3,(H,18,19). The summed E-state index contributed by atoms with van der Waals surface area (Å²) < 4.78 is 13.8. The molecule has 0 atom stereocenters. The highest BCUT2D eigenvalue weighted by Crippen LogP contribution is 2.29. The van der Waals surface area contributed by atoms with Gasteiger partial charge in [-0.3, -0.25) is 4.79 Å². The molecular formula is C16H14FNO. The van der Waals surface area contributed by atoms with Gasteiger partial charge in [-0.05, 0) is 46.9 Å². The number of anilines is 1. The fourth-order valence-corrected chi connectivity index (χ4v) is 2.42. The molecule has 2 aromatic carbocycles. The van der Waals surface area contributed by atoms with E-state index in [2.05, 4.69) is 5.32 Å². The summed E-state index contributed by atoms with van der Waals surface area (Å²) in [6.45, 7) is 1.94. The predicted molar refractivity (Wildman–Crippen MR) is 73.5 cm³/mol. The van der Waals surface area contributed by atoms with Crippen LogP contribution in [0.3, 0.4) is 0 Å². The first kappa shape index (κ1) is 11.9. The number of aryl methyl sites for hydroxylation is 1. The van der Waals surface area contributed by atoms with Crippen LogP contribution in [-0.2, 0) is 17.6 Å². The van der Waals surface area contributed by atoms with E-state index in [-0.39, 0.29) is 11.7 Å². The minimum absolute atomic E-state index is 0.0136. The van der Waals surface area contributed by atoms with Crippen LogP contribution in [0.25, 0.3) is 11.1 Å². The van der Waals surface area contributed by atoms with Crippen molar-refractivity contribution in [3.63, 3.8) is 0 Å². The van der Waals surface area contributed by atoms with Crippen LogP contribution >= 0.6 is 0 Å². The summed E-state index contributed by atoms with van der Waals surface area (Å²) >= 11 is 0. The van der Waals surface area contributed by atoms with E-state index in [0.29, 0.717) is 12.8 Å². The molecule has 2 aromatic rings. The third kappa shape index (κ3) is 2.12. The molecule has 96 valence electrons. The van der Waals surface area contributed by atoms with Gasteiger partial charge in [-0.2, -0.15) is 0 Å². The zero-order valence-electron chi connectivity index (χ0n) is 10.7. The van der Waals surface area contributed by atoms with Gasteiger partial charge in [0, 0.05) is 5.69 Å². The zero-order chi connectivity index (χ0) is 13.4. The average molecular weight is 255 g/mol. The monoisotopic (exact) mass is 255 g/mol. The van der Waals surface area contributed by atoms with Gasteiger partial charge < -0.3 is 5.32 Å². The fourth-order valence-electron chi connectivity index (χ4n) is 2.42. The first-order valence-electron chi connectivity index (χ1n) is 6.39. The van der Waals surface area contributed by atoms with Crippen LogP contribution in [0.15, 0.2) is 36.4 Å². The van der Waals surface area contributed by atoms with Gasteiger partial charge in [0.1, 0.15) is 5.82 Å². The van der Waals surface area contributed by atoms with Gasteiger partial charge in [0.05, 0.1) is 6.42 Å². The number of hydrogen-bond donors (Lipinski definition) is 1. The van der Waals surface area contributed by atoms with Gasteiger partial charge in [0.15, 0.2) is 0 Å². The molecule has 1 heterocycles. The van der Waals surface area contributed by atoms with Gasteiger partial charge in [-0.15, -0.1) is 0 Å². The van der Waals surface area contributed by atoms with E-state index in [9.17, 15) is 9.18 Å². The molecule has 0 bridgehead atoms. The molecule has 0 aromatic heterocycles. The highest BCUT2D eigenvalue weighted by molar-refractivity contribution is 5.99. The Kier molecular flexibility index (Phi) is 2.82. The minimum Gasteiger partial charge on any atom is -0.326 e. The van der Waals surface area contributed by atoms with Crippen LogP contribution in [-0.4, -0.2) is 5.91 Å². The number of rotatable bonds is 2. The second-order valence-corrected chi connectivity index (χ2v) is 4.76. The SMILES string of the molecule is CCc1ccc(-c2ccc3c(c2)CC(=O)N3)cc1F. The van der Waals surface area contributed by atoms with E-state index >= 15 is 0 Å². The number of benzene rings is 2. The van der Waals surface area contributed by atoms with E-state index < -0.39 is 0 Å². The van der Waals surface area contributed by atoms with Crippen molar-refractivity contribution in [2.75, 3.05) is 5.32 Å². The fraction of sp³-hybridized carbons (Fsp3) is 0.188. The Morgan fingerprint density at radius 3 is 2.63 bits per heavy atom. The Morgan fingerprint density at radius 2 is 1.89 bits per heavy atom. The molecule has 1 N–H and O–H groups in total. The van der Waals surface area contributed by atoms with Crippen LogP contribution in [0, 0.1) is 5.82 Å². The molecule has 2 nitrogen and oxygen atoms in total. The van der Waals surface area contributed by atoms with Crippen LogP contribution in [0.1, 0.15) is 18.1 Å². The number of carbonyl (C=O) groups is 1. The third-order valence-electron chi connectivity index (χ3n) is 3.50. The summed E-state index contributed by atoms with van der Waals surface area (Å²) in [7, 11) is 0. The lowest BCUT2D eigenvalue weighted by Crippen LogP contribution is -2.03. The number of carbonyl (C=O) groups excluding carboxylic acids is 1. The molecule has 0 spiro atoms. The smallest absolute Gasteiger partial charge is 0.228 e. The maximum absolute atomic E-state index is 13.8. The van der Waals surface area contributed by atoms with Gasteiger partial charge in [-0.25, -0.2) is 4.39 Å². The Hall–Kier alpha value is -2.16. The summed E-state index contributed by atoms with van der Waals surface area (Å²) in [5, 5.41) is 2.79. The second-order valence-electron chi connectivity index (χ2n) is 4.76. The van der Waals surface area contributed by atoms with Gasteiger partial charge in [-0.1, -0.05) is 25.1 Å². The normalized spacial score (nSPS) is 13.3. The predicted octanol–water partition coefficient (Wildman–Crippen LogP) is 3.55. The molecule has 3 rings (SSSR count). The van der Waals surface area contributed by atoms with Crippen molar-refractivity contribution in [1.29, 1.82) is 0 Å². The lowest BCUT2D eigenvalue weighted by molar-refractivity contribution is -0.115. The Morgan fingerprint density at radius 1 is 1.16 bits per heavy atom. The number of hydrogen-bond acceptors (Lipinski definition) is 1. The first-order valence-corrected chi connectivity index (χ1v) is 6.39. The molecule has 1 amide bonds. The highest BCUT2D eigenvalue weighted by Gasteiger charge is 2.17. The maximum atomic E-state index is 13.8. The van der Waals surface area contributed by atoms with E-state index in [1.165, 1.54) is 0 Å². The van der Waals surface area contributed by atoms with Crippen molar-refractivity contribution in [1.82, 2.24) is 0 Å². The van der Waals surface area contributed by atoms with E-state index in [4.69, 9.17) is 0 Å². The average Bonchev–Trinajstić information content (AvgIpc) is 2.77. The molecular weight excluding hydrogens is 241 g/mol. The lowest BCUT2D eigenvalue weighted by Gasteiger charge is -2.07. The molecule has 1 aliphatic heterocycles. The first-order chi connectivity index (χ1) is 9.17. The molecule has 3 heteroatoms. The highest BCUT2D eigenvalue weighted by atomic mass is 19.1. The topological polar surface area (TPSA) is 29.1 Å². The summed E-state index contributed by atoms with van der Waals surface area (Å²) in [6, 6.07) is 11.0. The second kappa shape index (κ2) is 4.50. The summed E-state index contributed by atoms with van der Waals surface area (Å²) in [5.74, 6) is -0.158. The van der Waals surface area contributed by atoms with E-state index in [1.807, 2.05) is 37.3 Å². The number of halogens is 1. The number of amides is 1. The van der Waals surface area contributed by atoms with Crippen LogP contribution in [0.2, 0.25) is 0 Å². The van der Waals surface area contributed by atoms with Crippen molar-refractivity contribution in [3.05, 3.63) is 53.3 Å². The summed E-state index contributed by atoms with van der Waals surface area (Å²) in [5.41, 5.74) is 4.34.